The van der Waals surface area contributed by atoms with E-state index in [0.29, 0.717) is 135 Å². The summed E-state index contributed by atoms with van der Waals surface area (Å²) in [5, 5.41) is 39.3. The first-order chi connectivity index (χ1) is 65.6. The normalized spacial score (nSPS) is 18.7. The molecule has 6 aliphatic rings. The Morgan fingerprint density at radius 3 is 0.827 bits per heavy atom. The van der Waals surface area contributed by atoms with Crippen LogP contribution in [0.1, 0.15) is 225 Å². The molecule has 4 saturated heterocycles. The van der Waals surface area contributed by atoms with Crippen LogP contribution >= 0.6 is 0 Å². The molecule has 36 heteroatoms. The molecule has 2 saturated carbocycles. The van der Waals surface area contributed by atoms with E-state index in [4.69, 9.17) is 11.5 Å². The van der Waals surface area contributed by atoms with Gasteiger partial charge in [-0.05, 0) is 222 Å². The fourth-order valence-corrected chi connectivity index (χ4v) is 18.1. The van der Waals surface area contributed by atoms with Gasteiger partial charge in [-0.3, -0.25) is 38.4 Å². The number of halogens is 4. The molecule has 0 spiro atoms. The predicted octanol–water partition coefficient (Wildman–Crippen LogP) is 12.7. The Kier molecular flexibility index (Phi) is 28.7. The molecule has 8 amide bonds. The Morgan fingerprint density at radius 2 is 0.597 bits per heavy atom. The van der Waals surface area contributed by atoms with Gasteiger partial charge in [-0.15, -0.1) is 0 Å². The third-order valence-corrected chi connectivity index (χ3v) is 27.0. The monoisotopic (exact) mass is 1900 g/mol. The molecule has 139 heavy (non-hydrogen) atoms. The number of fused-ring (bicyclic) bond motifs is 4. The van der Waals surface area contributed by atoms with Crippen LogP contribution in [-0.4, -0.2) is 281 Å². The number of benzene rings is 4. The molecule has 18 rings (SSSR count). The average molecular weight is 1910 g/mol. The molecular weight excluding hydrogens is 1780 g/mol. The molecule has 32 nitrogen and oxygen atoms in total. The lowest BCUT2D eigenvalue weighted by Gasteiger charge is -2.46. The third-order valence-electron chi connectivity index (χ3n) is 27.0. The molecule has 4 aromatic carbocycles. The number of aliphatic hydroxyl groups is 2. The van der Waals surface area contributed by atoms with Gasteiger partial charge in [0.25, 0.3) is 35.4 Å². The summed E-state index contributed by atoms with van der Waals surface area (Å²) in [6.07, 6.45) is 8.22. The molecule has 12 aromatic rings. The van der Waals surface area contributed by atoms with Crippen molar-refractivity contribution in [2.75, 3.05) is 78.5 Å². The van der Waals surface area contributed by atoms with E-state index in [9.17, 15) is 66.1 Å². The minimum atomic E-state index is -1.10. The molecule has 0 radical (unpaired) electrons. The first kappa shape index (κ1) is 100. The quantitative estimate of drug-likeness (QED) is 0.0693. The summed E-state index contributed by atoms with van der Waals surface area (Å²) in [5.41, 5.74) is 22.9. The average Bonchev–Trinajstić information content (AvgIpc) is 1.70. The van der Waals surface area contributed by atoms with Crippen molar-refractivity contribution in [2.45, 2.75) is 215 Å². The number of amides is 8. The summed E-state index contributed by atoms with van der Waals surface area (Å²) in [4.78, 5) is 137. The van der Waals surface area contributed by atoms with Gasteiger partial charge in [-0.2, -0.15) is 20.4 Å². The van der Waals surface area contributed by atoms with Crippen molar-refractivity contribution in [1.82, 2.24) is 97.6 Å². The number of hydrogen-bond donors (Lipinski definition) is 4. The number of nitrogens with two attached hydrogens (primary N) is 2. The minimum absolute atomic E-state index is 0.00447. The highest BCUT2D eigenvalue weighted by molar-refractivity contribution is 5.97. The molecular formula is C103H124F4N22O10. The van der Waals surface area contributed by atoms with Crippen LogP contribution in [0.25, 0.3) is 67.6 Å². The maximum Gasteiger partial charge on any atom is 0.274 e. The minimum Gasteiger partial charge on any atom is -0.383 e. The molecule has 6 N–H and O–H groups in total. The highest BCUT2D eigenvalue weighted by Gasteiger charge is 2.51. The molecule has 0 bridgehead atoms. The van der Waals surface area contributed by atoms with Crippen molar-refractivity contribution in [2.24, 2.45) is 22.3 Å². The van der Waals surface area contributed by atoms with Gasteiger partial charge in [-0.25, -0.2) is 55.6 Å². The van der Waals surface area contributed by atoms with Crippen LogP contribution in [0.5, 0.6) is 0 Å². The highest BCUT2D eigenvalue weighted by atomic mass is 19.1. The highest BCUT2D eigenvalue weighted by Crippen LogP contribution is 2.38. The van der Waals surface area contributed by atoms with Gasteiger partial charge >= 0.3 is 0 Å². The Bertz CT molecular complexity index is 6640. The van der Waals surface area contributed by atoms with E-state index in [2.05, 4.69) is 68.0 Å². The van der Waals surface area contributed by atoms with Crippen molar-refractivity contribution in [3.63, 3.8) is 0 Å². The maximum atomic E-state index is 13.4. The van der Waals surface area contributed by atoms with E-state index in [1.165, 1.54) is 48.5 Å². The van der Waals surface area contributed by atoms with Crippen molar-refractivity contribution in [1.29, 1.82) is 0 Å². The second-order valence-electron chi connectivity index (χ2n) is 40.9. The maximum absolute atomic E-state index is 13.4. The number of hydrogen-bond acceptors (Lipinski definition) is 20. The van der Waals surface area contributed by atoms with Gasteiger partial charge in [0, 0.05) is 142 Å². The Hall–Kier alpha value is -13.3. The van der Waals surface area contributed by atoms with Gasteiger partial charge in [0.2, 0.25) is 11.8 Å². The van der Waals surface area contributed by atoms with E-state index < -0.39 is 34.1 Å². The van der Waals surface area contributed by atoms with Gasteiger partial charge < -0.3 is 60.9 Å². The second kappa shape index (κ2) is 39.9. The number of aryl methyl sites for hydroxylation is 1. The van der Waals surface area contributed by atoms with Crippen LogP contribution in [0, 0.1) is 41.0 Å². The number of aromatic nitrogens is 12. The van der Waals surface area contributed by atoms with Crippen molar-refractivity contribution in [3.05, 3.63) is 214 Å². The lowest BCUT2D eigenvalue weighted by Crippen LogP contribution is -2.65. The van der Waals surface area contributed by atoms with Crippen LogP contribution < -0.4 is 11.5 Å². The summed E-state index contributed by atoms with van der Waals surface area (Å²) >= 11 is 0. The number of rotatable bonds is 15. The van der Waals surface area contributed by atoms with E-state index in [0.717, 1.165) is 76.6 Å². The molecule has 2 aliphatic carbocycles. The van der Waals surface area contributed by atoms with Crippen molar-refractivity contribution >= 4 is 69.8 Å². The standard InChI is InChI=1S/C27H34FN5O3.C26H31FN6O2.C25H29FN6O2.C25H30FN5O3/c1-16(2)20-13-21(18-7-9-19(28)10-8-18)30-33-15-22(29-24(20)33)25(35)31-11-12-32(17(3)14-31)26(36)23(34)27(4,5)6;1-16(2)20-13-21(18-5-7-19(27)8-6-18)30-33-15-22(29-23(20)33)24(34)31-11-12-32(17(3)14-31)25(35)26(28)9-4-10-26;1-15(2)19-12-20(17-4-6-18(26)7-5-17)29-32-14-21(28-22(19)32)23(33)30-10-11-31(16(3)13-30)24(34)25(27)8-9-25;1-15-12-19(17-6-8-18(26)9-7-17)28-31-14-20(27-22(15)31)23(33)29-10-11-30(16(2)13-29)24(34)21(32)25(3,4)5/h7-10,13,15-17,23,34H,11-12,14H2,1-6H3;5-8,13,15-17H,4,9-12,14,28H2,1-3H3;4-7,12,14-16H,8-11,13,27H2,1-3H3;6-9,12,14,16,21,32H,10-11,13H2,1-5H3/t17-,23-;17-;16-;16-,21-/m0000/s1. The SMILES string of the molecule is CC(C)c1cc(-c2ccc(F)cc2)nn2cc(C(=O)N3CCN(C(=O)C4(N)CC4)[C@@H](C)C3)nc12.CC(C)c1cc(-c2ccc(F)cc2)nn2cc(C(=O)N3CCN(C(=O)C4(N)CCC4)[C@@H](C)C3)nc12.CC(C)c1cc(-c2ccc(F)cc2)nn2cc(C(=O)N3CCN(C(=O)[C@H](O)C(C)(C)C)[C@@H](C)C3)nc12.Cc1cc(-c2ccc(F)cc2)nn2cc(C(=O)N3CCN(C(=O)[C@H](O)C(C)(C)C)[C@@H](C)C3)nc12. The molecule has 6 atom stereocenters. The zero-order chi connectivity index (χ0) is 100. The van der Waals surface area contributed by atoms with Gasteiger partial charge in [0.1, 0.15) is 58.3 Å². The van der Waals surface area contributed by atoms with Crippen LogP contribution in [-0.2, 0) is 19.2 Å². The summed E-state index contributed by atoms with van der Waals surface area (Å²) in [7, 11) is 0. The number of imidazole rings is 4. The summed E-state index contributed by atoms with van der Waals surface area (Å²) in [6.45, 7) is 37.5. The molecule has 6 fully saturated rings. The molecule has 0 unspecified atom stereocenters. The van der Waals surface area contributed by atoms with Crippen LogP contribution in [0.4, 0.5) is 17.6 Å². The van der Waals surface area contributed by atoms with Crippen LogP contribution in [0.3, 0.4) is 0 Å². The fraction of sp³-hybridized carbons (Fsp3) is 0.456. The van der Waals surface area contributed by atoms with Crippen molar-refractivity contribution < 1.29 is 66.1 Å². The summed E-state index contributed by atoms with van der Waals surface area (Å²) in [6, 6.07) is 31.6. The number of piperazine rings is 4. The number of carbonyl (C=O) groups excluding carboxylic acids is 8. The number of aliphatic hydroxyl groups excluding tert-OH is 2. The first-order valence-electron chi connectivity index (χ1n) is 47.6. The fourth-order valence-electron chi connectivity index (χ4n) is 18.1. The van der Waals surface area contributed by atoms with Crippen LogP contribution in [0.15, 0.2) is 146 Å². The summed E-state index contributed by atoms with van der Waals surface area (Å²) in [5.74, 6) is -2.29. The molecule has 4 aliphatic heterocycles. The second-order valence-corrected chi connectivity index (χ2v) is 40.9. The third kappa shape index (κ3) is 21.5. The molecule has 12 heterocycles. The van der Waals surface area contributed by atoms with E-state index in [1.807, 2.05) is 119 Å². The Morgan fingerprint density at radius 1 is 0.360 bits per heavy atom. The van der Waals surface area contributed by atoms with E-state index in [-0.39, 0.29) is 124 Å². The van der Waals surface area contributed by atoms with Gasteiger partial charge in [0.05, 0.1) is 58.6 Å². The largest absolute Gasteiger partial charge is 0.383 e. The van der Waals surface area contributed by atoms with Crippen molar-refractivity contribution in [3.8, 4) is 45.0 Å². The van der Waals surface area contributed by atoms with Gasteiger partial charge in [0.15, 0.2) is 22.6 Å². The lowest BCUT2D eigenvalue weighted by atomic mass is 9.76. The first-order valence-corrected chi connectivity index (χ1v) is 47.6. The zero-order valence-electron chi connectivity index (χ0n) is 81.8. The topological polar surface area (TPSA) is 376 Å². The zero-order valence-corrected chi connectivity index (χ0v) is 81.8. The number of carbonyl (C=O) groups is 8. The van der Waals surface area contributed by atoms with E-state index >= 15 is 0 Å². The summed E-state index contributed by atoms with van der Waals surface area (Å²) < 4.78 is 59.9. The predicted molar refractivity (Wildman–Crippen MR) is 517 cm³/mol. The molecule has 734 valence electrons. The Labute approximate surface area is 804 Å². The van der Waals surface area contributed by atoms with E-state index in [1.54, 1.807) is 126 Å². The van der Waals surface area contributed by atoms with Crippen LogP contribution in [0.2, 0.25) is 0 Å². The Balaban J connectivity index is 0.000000140. The lowest BCUT2D eigenvalue weighted by molar-refractivity contribution is -0.150. The number of nitrogens with zero attached hydrogens (tertiary/aromatic N) is 20. The molecule has 8 aromatic heterocycles. The van der Waals surface area contributed by atoms with Gasteiger partial charge in [-0.1, -0.05) is 83.1 Å². The smallest absolute Gasteiger partial charge is 0.274 e.